The number of rotatable bonds is 3. The molecule has 1 unspecified atom stereocenters. The van der Waals surface area contributed by atoms with Crippen LogP contribution in [-0.2, 0) is 12.0 Å². The van der Waals surface area contributed by atoms with E-state index < -0.39 is 11.4 Å². The fourth-order valence-corrected chi connectivity index (χ4v) is 2.89. The average molecular weight is 285 g/mol. The molecule has 0 saturated heterocycles. The van der Waals surface area contributed by atoms with Crippen LogP contribution in [0.4, 0.5) is 4.39 Å². The summed E-state index contributed by atoms with van der Waals surface area (Å²) in [6.07, 6.45) is 0.362. The van der Waals surface area contributed by atoms with Crippen LogP contribution in [0.5, 0.6) is 0 Å². The summed E-state index contributed by atoms with van der Waals surface area (Å²) in [6.45, 7) is 3.73. The lowest BCUT2D eigenvalue weighted by atomic mass is 9.95. The molecule has 1 aromatic heterocycles. The van der Waals surface area contributed by atoms with Gasteiger partial charge in [-0.25, -0.2) is 4.39 Å². The van der Waals surface area contributed by atoms with E-state index in [1.54, 1.807) is 24.3 Å². The molecule has 2 rings (SSSR count). The molecule has 1 nitrogen and oxygen atoms in total. The minimum Gasteiger partial charge on any atom is -0.384 e. The molecular weight excluding hydrogens is 271 g/mol. The Balaban J connectivity index is 2.24. The maximum Gasteiger partial charge on any atom is 0.142 e. The highest BCUT2D eigenvalue weighted by Crippen LogP contribution is 2.31. The second-order valence-corrected chi connectivity index (χ2v) is 6.30. The first kappa shape index (κ1) is 13.5. The summed E-state index contributed by atoms with van der Waals surface area (Å²) in [6, 6.07) is 8.50. The van der Waals surface area contributed by atoms with Crippen molar-refractivity contribution >= 4 is 22.9 Å². The molecule has 0 aliphatic heterocycles. The van der Waals surface area contributed by atoms with Crippen LogP contribution in [0.1, 0.15) is 22.2 Å². The molecule has 0 radical (unpaired) electrons. The van der Waals surface area contributed by atoms with Crippen LogP contribution in [0.25, 0.3) is 0 Å². The lowest BCUT2D eigenvalue weighted by Crippen LogP contribution is -2.22. The van der Waals surface area contributed by atoms with Gasteiger partial charge in [0, 0.05) is 16.2 Å². The van der Waals surface area contributed by atoms with E-state index in [0.717, 1.165) is 15.3 Å². The summed E-state index contributed by atoms with van der Waals surface area (Å²) in [5, 5.41) is 10.6. The molecule has 2 aromatic rings. The lowest BCUT2D eigenvalue weighted by Gasteiger charge is -2.22. The van der Waals surface area contributed by atoms with Gasteiger partial charge in [-0.3, -0.25) is 0 Å². The zero-order valence-electron chi connectivity index (χ0n) is 10.2. The molecule has 1 atom stereocenters. The molecule has 0 saturated carbocycles. The molecule has 18 heavy (non-hydrogen) atoms. The Hall–Kier alpha value is -0.900. The molecule has 0 amide bonds. The Labute approximate surface area is 115 Å². The maximum atomic E-state index is 13.3. The van der Waals surface area contributed by atoms with Crippen LogP contribution in [-0.4, -0.2) is 5.11 Å². The van der Waals surface area contributed by atoms with Crippen molar-refractivity contribution < 1.29 is 9.50 Å². The topological polar surface area (TPSA) is 20.2 Å². The standard InChI is InChI=1S/C14H14ClFOS/c1-9-3-6-13(18-9)14(2,17)8-10-4-5-11(15)12(16)7-10/h3-7,17H,8H2,1-2H3. The third kappa shape index (κ3) is 2.91. The van der Waals surface area contributed by atoms with E-state index >= 15 is 0 Å². The van der Waals surface area contributed by atoms with Gasteiger partial charge in [-0.1, -0.05) is 17.7 Å². The van der Waals surface area contributed by atoms with Gasteiger partial charge in [0.25, 0.3) is 0 Å². The molecule has 0 aliphatic rings. The minimum absolute atomic E-state index is 0.102. The molecule has 96 valence electrons. The van der Waals surface area contributed by atoms with Crippen molar-refractivity contribution in [3.8, 4) is 0 Å². The van der Waals surface area contributed by atoms with E-state index in [9.17, 15) is 9.50 Å². The number of thiophene rings is 1. The van der Waals surface area contributed by atoms with Crippen LogP contribution in [0.15, 0.2) is 30.3 Å². The number of benzene rings is 1. The first-order valence-electron chi connectivity index (χ1n) is 5.62. The first-order valence-corrected chi connectivity index (χ1v) is 6.81. The van der Waals surface area contributed by atoms with Crippen molar-refractivity contribution in [2.45, 2.75) is 25.9 Å². The van der Waals surface area contributed by atoms with Crippen molar-refractivity contribution in [2.24, 2.45) is 0 Å². The lowest BCUT2D eigenvalue weighted by molar-refractivity contribution is 0.0614. The number of hydrogen-bond donors (Lipinski definition) is 1. The highest BCUT2D eigenvalue weighted by atomic mass is 35.5. The fourth-order valence-electron chi connectivity index (χ4n) is 1.86. The van der Waals surface area contributed by atoms with Crippen molar-refractivity contribution in [3.63, 3.8) is 0 Å². The molecule has 1 aromatic carbocycles. The summed E-state index contributed by atoms with van der Waals surface area (Å²) in [5.74, 6) is -0.452. The smallest absolute Gasteiger partial charge is 0.142 e. The molecular formula is C14H14ClFOS. The summed E-state index contributed by atoms with van der Waals surface area (Å²) in [4.78, 5) is 2.03. The molecule has 0 spiro atoms. The van der Waals surface area contributed by atoms with Crippen molar-refractivity contribution in [2.75, 3.05) is 0 Å². The minimum atomic E-state index is -0.987. The summed E-state index contributed by atoms with van der Waals surface area (Å²) in [7, 11) is 0. The van der Waals surface area contributed by atoms with Gasteiger partial charge in [0.05, 0.1) is 10.6 Å². The monoisotopic (exact) mass is 284 g/mol. The van der Waals surface area contributed by atoms with Crippen LogP contribution in [0.3, 0.4) is 0 Å². The van der Waals surface area contributed by atoms with E-state index in [-0.39, 0.29) is 5.02 Å². The van der Waals surface area contributed by atoms with Gasteiger partial charge in [-0.05, 0) is 43.7 Å². The van der Waals surface area contributed by atoms with E-state index in [0.29, 0.717) is 6.42 Å². The zero-order valence-corrected chi connectivity index (χ0v) is 11.8. The van der Waals surface area contributed by atoms with Gasteiger partial charge in [0.15, 0.2) is 0 Å². The quantitative estimate of drug-likeness (QED) is 0.891. The van der Waals surface area contributed by atoms with E-state index in [4.69, 9.17) is 11.6 Å². The largest absolute Gasteiger partial charge is 0.384 e. The molecule has 1 heterocycles. The average Bonchev–Trinajstić information content (AvgIpc) is 2.71. The summed E-state index contributed by atoms with van der Waals surface area (Å²) >= 11 is 7.19. The van der Waals surface area contributed by atoms with Gasteiger partial charge in [0.2, 0.25) is 0 Å². The Bertz CT molecular complexity index is 563. The van der Waals surface area contributed by atoms with Gasteiger partial charge in [-0.15, -0.1) is 11.3 Å². The van der Waals surface area contributed by atoms with Crippen LogP contribution in [0.2, 0.25) is 5.02 Å². The van der Waals surface area contributed by atoms with Crippen molar-refractivity contribution in [1.82, 2.24) is 0 Å². The Kier molecular flexibility index (Phi) is 3.76. The van der Waals surface area contributed by atoms with Gasteiger partial charge in [-0.2, -0.15) is 0 Å². The van der Waals surface area contributed by atoms with E-state index in [1.165, 1.54) is 12.1 Å². The Morgan fingerprint density at radius 1 is 1.33 bits per heavy atom. The first-order chi connectivity index (χ1) is 8.38. The Morgan fingerprint density at radius 3 is 2.61 bits per heavy atom. The summed E-state index contributed by atoms with van der Waals surface area (Å²) < 4.78 is 13.3. The number of hydrogen-bond acceptors (Lipinski definition) is 2. The van der Waals surface area contributed by atoms with Gasteiger partial charge >= 0.3 is 0 Å². The molecule has 0 bridgehead atoms. The van der Waals surface area contributed by atoms with Crippen molar-refractivity contribution in [3.05, 3.63) is 56.5 Å². The SMILES string of the molecule is Cc1ccc(C(C)(O)Cc2ccc(Cl)c(F)c2)s1. The van der Waals surface area contributed by atoms with E-state index in [2.05, 4.69) is 0 Å². The third-order valence-electron chi connectivity index (χ3n) is 2.80. The number of aryl methyl sites for hydroxylation is 1. The van der Waals surface area contributed by atoms with Crippen molar-refractivity contribution in [1.29, 1.82) is 0 Å². The number of aliphatic hydroxyl groups is 1. The summed E-state index contributed by atoms with van der Waals surface area (Å²) in [5.41, 5.74) is -0.257. The highest BCUT2D eigenvalue weighted by molar-refractivity contribution is 7.12. The van der Waals surface area contributed by atoms with Crippen LogP contribution in [0, 0.1) is 12.7 Å². The second-order valence-electron chi connectivity index (χ2n) is 4.61. The molecule has 4 heteroatoms. The third-order valence-corrected chi connectivity index (χ3v) is 4.36. The van der Waals surface area contributed by atoms with Crippen LogP contribution >= 0.6 is 22.9 Å². The van der Waals surface area contributed by atoms with Gasteiger partial charge in [0.1, 0.15) is 5.82 Å². The van der Waals surface area contributed by atoms with Gasteiger partial charge < -0.3 is 5.11 Å². The molecule has 0 aliphatic carbocycles. The normalized spacial score (nSPS) is 14.5. The number of halogens is 2. The molecule has 0 fully saturated rings. The zero-order chi connectivity index (χ0) is 13.3. The highest BCUT2D eigenvalue weighted by Gasteiger charge is 2.25. The Morgan fingerprint density at radius 2 is 2.06 bits per heavy atom. The maximum absolute atomic E-state index is 13.3. The molecule has 1 N–H and O–H groups in total. The second kappa shape index (κ2) is 5.00. The predicted molar refractivity (Wildman–Crippen MR) is 73.7 cm³/mol. The van der Waals surface area contributed by atoms with E-state index in [1.807, 2.05) is 19.1 Å². The predicted octanol–water partition coefficient (Wildman–Crippen LogP) is 4.30. The van der Waals surface area contributed by atoms with Crippen LogP contribution < -0.4 is 0 Å². The fraction of sp³-hybridized carbons (Fsp3) is 0.286.